The van der Waals surface area contributed by atoms with Gasteiger partial charge in [-0.3, -0.25) is 14.4 Å². The molecule has 2 aliphatic carbocycles. The summed E-state index contributed by atoms with van der Waals surface area (Å²) in [5, 5.41) is 5.49. The lowest BCUT2D eigenvalue weighted by Gasteiger charge is -2.46. The Balaban J connectivity index is 1.49. The molecule has 4 rings (SSSR count). The van der Waals surface area contributed by atoms with Crippen molar-refractivity contribution in [2.45, 2.75) is 63.1 Å². The van der Waals surface area contributed by atoms with Crippen LogP contribution in [0.1, 0.15) is 55.3 Å². The van der Waals surface area contributed by atoms with Crippen LogP contribution in [0, 0.1) is 0 Å². The highest BCUT2D eigenvalue weighted by molar-refractivity contribution is 6.10. The Morgan fingerprint density at radius 1 is 1.04 bits per heavy atom. The average Bonchev–Trinajstić information content (AvgIpc) is 2.61. The molecule has 3 aliphatic rings. The molecule has 25 heavy (non-hydrogen) atoms. The van der Waals surface area contributed by atoms with E-state index in [0.717, 1.165) is 38.5 Å². The molecule has 6 nitrogen and oxygen atoms in total. The number of carbonyl (C=O) groups excluding carboxylic acids is 3. The molecule has 0 unspecified atom stereocenters. The minimum Gasteiger partial charge on any atom is -0.340 e. The van der Waals surface area contributed by atoms with E-state index in [2.05, 4.69) is 10.6 Å². The molecule has 6 heteroatoms. The summed E-state index contributed by atoms with van der Waals surface area (Å²) in [4.78, 5) is 39.8. The molecule has 1 aliphatic heterocycles. The van der Waals surface area contributed by atoms with Crippen molar-refractivity contribution >= 4 is 23.4 Å². The van der Waals surface area contributed by atoms with Crippen LogP contribution >= 0.6 is 0 Å². The summed E-state index contributed by atoms with van der Waals surface area (Å²) in [7, 11) is 0. The SMILES string of the molecule is O=C1N[C@@H](CC(=O)N(C2CCC2)C2CCC2)C(=O)Nc2ccccc21. The van der Waals surface area contributed by atoms with Gasteiger partial charge in [0.15, 0.2) is 0 Å². The van der Waals surface area contributed by atoms with Gasteiger partial charge in [-0.15, -0.1) is 0 Å². The monoisotopic (exact) mass is 341 g/mol. The Hall–Kier alpha value is -2.37. The van der Waals surface area contributed by atoms with E-state index in [1.807, 2.05) is 4.90 Å². The van der Waals surface area contributed by atoms with Gasteiger partial charge in [0, 0.05) is 12.1 Å². The van der Waals surface area contributed by atoms with E-state index in [-0.39, 0.29) is 24.1 Å². The van der Waals surface area contributed by atoms with Crippen LogP contribution in [0.15, 0.2) is 24.3 Å². The van der Waals surface area contributed by atoms with E-state index in [9.17, 15) is 14.4 Å². The summed E-state index contributed by atoms with van der Waals surface area (Å²) in [5.74, 6) is -0.653. The molecule has 2 fully saturated rings. The van der Waals surface area contributed by atoms with Crippen LogP contribution in [0.2, 0.25) is 0 Å². The highest BCUT2D eigenvalue weighted by atomic mass is 16.2. The first kappa shape index (κ1) is 16.1. The lowest BCUT2D eigenvalue weighted by Crippen LogP contribution is -2.55. The van der Waals surface area contributed by atoms with Gasteiger partial charge >= 0.3 is 0 Å². The summed E-state index contributed by atoms with van der Waals surface area (Å²) in [6, 6.07) is 6.71. The van der Waals surface area contributed by atoms with Crippen LogP contribution < -0.4 is 10.6 Å². The third-order valence-electron chi connectivity index (χ3n) is 5.65. The predicted molar refractivity (Wildman–Crippen MR) is 93.1 cm³/mol. The molecule has 0 saturated heterocycles. The van der Waals surface area contributed by atoms with Gasteiger partial charge < -0.3 is 15.5 Å². The minimum atomic E-state index is -0.824. The maximum Gasteiger partial charge on any atom is 0.254 e. The van der Waals surface area contributed by atoms with Gasteiger partial charge in [0.05, 0.1) is 17.7 Å². The standard InChI is InChI=1S/C19H23N3O3/c23-17(22(12-5-3-6-12)13-7-4-8-13)11-16-19(25)20-15-10-2-1-9-14(15)18(24)21-16/h1-2,9-10,12-13,16H,3-8,11H2,(H,20,25)(H,21,24)/t16-/m0/s1. The fourth-order valence-electron chi connectivity index (χ4n) is 3.77. The van der Waals surface area contributed by atoms with Gasteiger partial charge in [-0.05, 0) is 50.7 Å². The highest BCUT2D eigenvalue weighted by Gasteiger charge is 2.39. The Morgan fingerprint density at radius 2 is 1.68 bits per heavy atom. The Labute approximate surface area is 147 Å². The molecule has 1 atom stereocenters. The second kappa shape index (κ2) is 6.50. The number of nitrogens with one attached hydrogen (secondary N) is 2. The summed E-state index contributed by atoms with van der Waals surface area (Å²) >= 11 is 0. The molecule has 2 saturated carbocycles. The van der Waals surface area contributed by atoms with Crippen molar-refractivity contribution in [1.82, 2.24) is 10.2 Å². The van der Waals surface area contributed by atoms with Gasteiger partial charge in [0.1, 0.15) is 6.04 Å². The van der Waals surface area contributed by atoms with Gasteiger partial charge in [0.25, 0.3) is 5.91 Å². The topological polar surface area (TPSA) is 78.5 Å². The first-order valence-electron chi connectivity index (χ1n) is 9.15. The lowest BCUT2D eigenvalue weighted by molar-refractivity contribution is -0.142. The summed E-state index contributed by atoms with van der Waals surface area (Å²) < 4.78 is 0. The van der Waals surface area contributed by atoms with Gasteiger partial charge in [-0.1, -0.05) is 12.1 Å². The third kappa shape index (κ3) is 3.01. The van der Waals surface area contributed by atoms with Crippen molar-refractivity contribution in [2.24, 2.45) is 0 Å². The van der Waals surface area contributed by atoms with Gasteiger partial charge in [-0.25, -0.2) is 0 Å². The van der Waals surface area contributed by atoms with Gasteiger partial charge in [-0.2, -0.15) is 0 Å². The van der Waals surface area contributed by atoms with Crippen LogP contribution in [0.3, 0.4) is 0 Å². The molecular weight excluding hydrogens is 318 g/mol. The van der Waals surface area contributed by atoms with Crippen molar-refractivity contribution in [3.63, 3.8) is 0 Å². The molecule has 3 amide bonds. The summed E-state index contributed by atoms with van der Waals surface area (Å²) in [5.41, 5.74) is 0.926. The molecule has 1 aromatic rings. The third-order valence-corrected chi connectivity index (χ3v) is 5.65. The molecule has 0 spiro atoms. The van der Waals surface area contributed by atoms with Crippen LogP contribution in [-0.4, -0.2) is 40.7 Å². The van der Waals surface area contributed by atoms with E-state index in [4.69, 9.17) is 0 Å². The molecule has 1 heterocycles. The first-order valence-corrected chi connectivity index (χ1v) is 9.15. The van der Waals surface area contributed by atoms with Crippen molar-refractivity contribution in [3.05, 3.63) is 29.8 Å². The van der Waals surface area contributed by atoms with Crippen LogP contribution in [-0.2, 0) is 9.59 Å². The first-order chi connectivity index (χ1) is 12.1. The zero-order valence-electron chi connectivity index (χ0n) is 14.2. The van der Waals surface area contributed by atoms with E-state index in [1.54, 1.807) is 24.3 Å². The van der Waals surface area contributed by atoms with E-state index in [0.29, 0.717) is 23.3 Å². The molecular formula is C19H23N3O3. The normalized spacial score (nSPS) is 23.4. The Morgan fingerprint density at radius 3 is 2.28 bits per heavy atom. The number of rotatable bonds is 4. The maximum absolute atomic E-state index is 12.9. The van der Waals surface area contributed by atoms with Crippen LogP contribution in [0.25, 0.3) is 0 Å². The number of hydrogen-bond donors (Lipinski definition) is 2. The van der Waals surface area contributed by atoms with Crippen molar-refractivity contribution < 1.29 is 14.4 Å². The smallest absolute Gasteiger partial charge is 0.254 e. The lowest BCUT2D eigenvalue weighted by atomic mass is 9.84. The average molecular weight is 341 g/mol. The number of benzene rings is 1. The number of fused-ring (bicyclic) bond motifs is 1. The van der Waals surface area contributed by atoms with Crippen LogP contribution in [0.4, 0.5) is 5.69 Å². The highest BCUT2D eigenvalue weighted by Crippen LogP contribution is 2.34. The zero-order valence-corrected chi connectivity index (χ0v) is 14.2. The van der Waals surface area contributed by atoms with Crippen molar-refractivity contribution in [2.75, 3.05) is 5.32 Å². The van der Waals surface area contributed by atoms with Crippen molar-refractivity contribution in [3.8, 4) is 0 Å². The van der Waals surface area contributed by atoms with Gasteiger partial charge in [0.2, 0.25) is 11.8 Å². The van der Waals surface area contributed by atoms with Crippen molar-refractivity contribution in [1.29, 1.82) is 0 Å². The minimum absolute atomic E-state index is 0.0131. The maximum atomic E-state index is 12.9. The van der Waals surface area contributed by atoms with E-state index in [1.165, 1.54) is 0 Å². The number of anilines is 1. The molecule has 0 aromatic heterocycles. The predicted octanol–water partition coefficient (Wildman–Crippen LogP) is 2.06. The number of carbonyl (C=O) groups is 3. The van der Waals surface area contributed by atoms with E-state index >= 15 is 0 Å². The fourth-order valence-corrected chi connectivity index (χ4v) is 3.77. The molecule has 0 radical (unpaired) electrons. The zero-order chi connectivity index (χ0) is 17.4. The second-order valence-corrected chi connectivity index (χ2v) is 7.24. The summed E-state index contributed by atoms with van der Waals surface area (Å²) in [6.45, 7) is 0. The quantitative estimate of drug-likeness (QED) is 0.880. The molecule has 1 aromatic carbocycles. The number of nitrogens with zero attached hydrogens (tertiary/aromatic N) is 1. The molecule has 2 N–H and O–H groups in total. The molecule has 132 valence electrons. The number of amides is 3. The van der Waals surface area contributed by atoms with Crippen LogP contribution in [0.5, 0.6) is 0 Å². The second-order valence-electron chi connectivity index (χ2n) is 7.24. The summed E-state index contributed by atoms with van der Waals surface area (Å²) in [6.07, 6.45) is 6.56. The number of hydrogen-bond acceptors (Lipinski definition) is 3. The Bertz CT molecular complexity index is 696. The largest absolute Gasteiger partial charge is 0.340 e. The number of para-hydroxylation sites is 1. The van der Waals surface area contributed by atoms with E-state index < -0.39 is 6.04 Å². The molecule has 0 bridgehead atoms. The fraction of sp³-hybridized carbons (Fsp3) is 0.526. The Kier molecular flexibility index (Phi) is 4.19.